The molecular weight excluding hydrogens is 466 g/mol. The van der Waals surface area contributed by atoms with Crippen molar-refractivity contribution in [3.05, 3.63) is 41.2 Å². The summed E-state index contributed by atoms with van der Waals surface area (Å²) >= 11 is 1.15. The maximum Gasteiger partial charge on any atom is 0.337 e. The SMILES string of the molecule is C=CCn1c(=NC(=O)CS(=O)(=O)CC(=O)N2CCCCCC2)sc2cc(C(=O)OC)ccc21. The van der Waals surface area contributed by atoms with E-state index in [1.807, 2.05) is 0 Å². The number of fused-ring (bicyclic) bond motifs is 1. The second-order valence-corrected chi connectivity index (χ2v) is 10.9. The molecule has 0 atom stereocenters. The van der Waals surface area contributed by atoms with Crippen LogP contribution in [0.5, 0.6) is 0 Å². The maximum atomic E-state index is 12.5. The Labute approximate surface area is 196 Å². The van der Waals surface area contributed by atoms with Crippen LogP contribution >= 0.6 is 11.3 Å². The van der Waals surface area contributed by atoms with Crippen molar-refractivity contribution < 1.29 is 27.5 Å². The molecule has 9 nitrogen and oxygen atoms in total. The van der Waals surface area contributed by atoms with Crippen molar-refractivity contribution in [2.75, 3.05) is 31.7 Å². The van der Waals surface area contributed by atoms with E-state index in [1.54, 1.807) is 33.7 Å². The van der Waals surface area contributed by atoms with Crippen molar-refractivity contribution in [2.24, 2.45) is 4.99 Å². The van der Waals surface area contributed by atoms with Crippen molar-refractivity contribution in [3.63, 3.8) is 0 Å². The third kappa shape index (κ3) is 6.38. The number of likely N-dealkylation sites (tertiary alicyclic amines) is 1. The first kappa shape index (κ1) is 24.8. The van der Waals surface area contributed by atoms with E-state index in [1.165, 1.54) is 7.11 Å². The third-order valence-electron chi connectivity index (χ3n) is 5.28. The number of hydrogen-bond donors (Lipinski definition) is 0. The predicted molar refractivity (Wildman–Crippen MR) is 126 cm³/mol. The van der Waals surface area contributed by atoms with Crippen LogP contribution in [-0.2, 0) is 30.7 Å². The summed E-state index contributed by atoms with van der Waals surface area (Å²) in [4.78, 5) is 42.6. The van der Waals surface area contributed by atoms with E-state index in [0.717, 1.165) is 42.5 Å². The average molecular weight is 494 g/mol. The van der Waals surface area contributed by atoms with E-state index >= 15 is 0 Å². The Bertz CT molecular complexity index is 1230. The summed E-state index contributed by atoms with van der Waals surface area (Å²) in [5, 5.41) is 0. The maximum absolute atomic E-state index is 12.5. The van der Waals surface area contributed by atoms with E-state index < -0.39 is 39.1 Å². The first-order chi connectivity index (χ1) is 15.7. The van der Waals surface area contributed by atoms with Gasteiger partial charge in [-0.25, -0.2) is 13.2 Å². The molecule has 0 spiro atoms. The highest BCUT2D eigenvalue weighted by molar-refractivity contribution is 7.92. The minimum atomic E-state index is -3.96. The van der Waals surface area contributed by atoms with Gasteiger partial charge in [-0.15, -0.1) is 6.58 Å². The quantitative estimate of drug-likeness (QED) is 0.430. The van der Waals surface area contributed by atoms with Gasteiger partial charge in [-0.1, -0.05) is 30.3 Å². The summed E-state index contributed by atoms with van der Waals surface area (Å²) in [6, 6.07) is 4.94. The van der Waals surface area contributed by atoms with Crippen molar-refractivity contribution in [1.29, 1.82) is 0 Å². The Morgan fingerprint density at radius 3 is 2.48 bits per heavy atom. The summed E-state index contributed by atoms with van der Waals surface area (Å²) in [6.45, 7) is 5.14. The number of aromatic nitrogens is 1. The molecule has 0 bridgehead atoms. The molecule has 178 valence electrons. The molecule has 0 radical (unpaired) electrons. The summed E-state index contributed by atoms with van der Waals surface area (Å²) < 4.78 is 32.1. The lowest BCUT2D eigenvalue weighted by Crippen LogP contribution is -2.37. The zero-order chi connectivity index (χ0) is 24.0. The number of nitrogens with zero attached hydrogens (tertiary/aromatic N) is 3. The summed E-state index contributed by atoms with van der Waals surface area (Å²) in [5.74, 6) is -3.35. The van der Waals surface area contributed by atoms with Crippen molar-refractivity contribution in [3.8, 4) is 0 Å². The number of sulfone groups is 1. The van der Waals surface area contributed by atoms with Gasteiger partial charge in [-0.05, 0) is 31.0 Å². The van der Waals surface area contributed by atoms with Crippen LogP contribution in [0.2, 0.25) is 0 Å². The minimum absolute atomic E-state index is 0.283. The largest absolute Gasteiger partial charge is 0.465 e. The molecule has 2 amide bonds. The number of esters is 1. The minimum Gasteiger partial charge on any atom is -0.465 e. The lowest BCUT2D eigenvalue weighted by Gasteiger charge is -2.19. The Morgan fingerprint density at radius 2 is 1.85 bits per heavy atom. The number of thiazole rings is 1. The predicted octanol–water partition coefficient (Wildman–Crippen LogP) is 1.92. The van der Waals surface area contributed by atoms with Crippen molar-refractivity contribution >= 4 is 49.2 Å². The molecule has 0 aliphatic carbocycles. The molecule has 1 aliphatic heterocycles. The van der Waals surface area contributed by atoms with Crippen molar-refractivity contribution in [2.45, 2.75) is 32.2 Å². The number of benzene rings is 1. The standard InChI is InChI=1S/C22H27N3O6S2/c1-3-10-25-17-9-8-16(21(28)31-2)13-18(17)32-22(25)23-19(26)14-33(29,30)15-20(27)24-11-6-4-5-7-12-24/h3,8-9,13H,1,4-7,10-12,14-15H2,2H3. The Balaban J connectivity index is 1.82. The summed E-state index contributed by atoms with van der Waals surface area (Å²) in [7, 11) is -2.67. The first-order valence-electron chi connectivity index (χ1n) is 10.6. The molecule has 11 heteroatoms. The highest BCUT2D eigenvalue weighted by Gasteiger charge is 2.25. The van der Waals surface area contributed by atoms with E-state index in [9.17, 15) is 22.8 Å². The average Bonchev–Trinajstić information content (AvgIpc) is 2.93. The van der Waals surface area contributed by atoms with E-state index in [-0.39, 0.29) is 4.80 Å². The van der Waals surface area contributed by atoms with Crippen LogP contribution in [0.3, 0.4) is 0 Å². The number of rotatable bonds is 7. The van der Waals surface area contributed by atoms with Crippen molar-refractivity contribution in [1.82, 2.24) is 9.47 Å². The molecule has 1 aromatic carbocycles. The number of amides is 2. The van der Waals surface area contributed by atoms with Crippen LogP contribution in [0, 0.1) is 0 Å². The van der Waals surface area contributed by atoms with Gasteiger partial charge in [-0.3, -0.25) is 9.59 Å². The van der Waals surface area contributed by atoms with E-state index in [0.29, 0.717) is 29.9 Å². The van der Waals surface area contributed by atoms with Crippen LogP contribution in [0.25, 0.3) is 10.2 Å². The normalized spacial score (nSPS) is 15.3. The Kier molecular flexibility index (Phi) is 8.20. The molecule has 1 saturated heterocycles. The van der Waals surface area contributed by atoms with Gasteiger partial charge in [0.25, 0.3) is 5.91 Å². The van der Waals surface area contributed by atoms with E-state index in [4.69, 9.17) is 4.74 Å². The van der Waals surface area contributed by atoms with Gasteiger partial charge in [-0.2, -0.15) is 4.99 Å². The number of ether oxygens (including phenoxy) is 1. The molecule has 0 unspecified atom stereocenters. The molecular formula is C22H27N3O6S2. The van der Waals surface area contributed by atoms with Gasteiger partial charge in [0, 0.05) is 19.6 Å². The van der Waals surface area contributed by atoms with Gasteiger partial charge in [0.1, 0.15) is 11.5 Å². The van der Waals surface area contributed by atoms with Gasteiger partial charge in [0.15, 0.2) is 14.6 Å². The van der Waals surface area contributed by atoms with Crippen LogP contribution in [0.4, 0.5) is 0 Å². The zero-order valence-corrected chi connectivity index (χ0v) is 20.1. The van der Waals surface area contributed by atoms with Crippen LogP contribution in [0.15, 0.2) is 35.8 Å². The van der Waals surface area contributed by atoms with Crippen LogP contribution in [0.1, 0.15) is 36.0 Å². The van der Waals surface area contributed by atoms with Crippen LogP contribution < -0.4 is 4.80 Å². The highest BCUT2D eigenvalue weighted by Crippen LogP contribution is 2.20. The summed E-state index contributed by atoms with van der Waals surface area (Å²) in [6.07, 6.45) is 5.38. The molecule has 3 rings (SSSR count). The smallest absolute Gasteiger partial charge is 0.337 e. The molecule has 0 saturated carbocycles. The van der Waals surface area contributed by atoms with Crippen LogP contribution in [-0.4, -0.2) is 67.4 Å². The molecule has 0 N–H and O–H groups in total. The second-order valence-electron chi connectivity index (χ2n) is 7.79. The van der Waals surface area contributed by atoms with Gasteiger partial charge in [0.05, 0.1) is 22.9 Å². The molecule has 1 fully saturated rings. The lowest BCUT2D eigenvalue weighted by molar-refractivity contribution is -0.128. The lowest BCUT2D eigenvalue weighted by atomic mass is 10.2. The Hall–Kier alpha value is -2.79. The fourth-order valence-electron chi connectivity index (χ4n) is 3.69. The number of hydrogen-bond acceptors (Lipinski definition) is 7. The number of allylic oxidation sites excluding steroid dienone is 1. The third-order valence-corrected chi connectivity index (χ3v) is 7.70. The first-order valence-corrected chi connectivity index (χ1v) is 13.3. The number of carbonyl (C=O) groups is 3. The highest BCUT2D eigenvalue weighted by atomic mass is 32.2. The van der Waals surface area contributed by atoms with Gasteiger partial charge in [0.2, 0.25) is 5.91 Å². The fourth-order valence-corrected chi connectivity index (χ4v) is 5.88. The topological polar surface area (TPSA) is 115 Å². The van der Waals surface area contributed by atoms with Gasteiger partial charge >= 0.3 is 5.97 Å². The monoisotopic (exact) mass is 493 g/mol. The molecule has 1 aliphatic rings. The molecule has 2 heterocycles. The number of methoxy groups -OCH3 is 1. The van der Waals surface area contributed by atoms with E-state index in [2.05, 4.69) is 11.6 Å². The second kappa shape index (κ2) is 10.9. The fraction of sp³-hybridized carbons (Fsp3) is 0.455. The molecule has 1 aromatic heterocycles. The Morgan fingerprint density at radius 1 is 1.15 bits per heavy atom. The zero-order valence-electron chi connectivity index (χ0n) is 18.5. The molecule has 33 heavy (non-hydrogen) atoms. The summed E-state index contributed by atoms with van der Waals surface area (Å²) in [5.41, 5.74) is 1.07. The number of carbonyl (C=O) groups excluding carboxylic acids is 3. The van der Waals surface area contributed by atoms with Gasteiger partial charge < -0.3 is 14.2 Å². The molecule has 2 aromatic rings.